The van der Waals surface area contributed by atoms with E-state index < -0.39 is 82.2 Å². The lowest BCUT2D eigenvalue weighted by molar-refractivity contribution is -0.343. The SMILES string of the molecule is CC(=O)OC1C(=O)[C@]2(C)C(OP)CC3OC[C@@]3(OC(C)=O)C2C(OC(=O)c2ccccc2)C2(O)CC(O)C(C)=C1C2(C)C. The quantitative estimate of drug-likeness (QED) is 0.216. The largest absolute Gasteiger partial charge is 0.455 e. The predicted octanol–water partition coefficient (Wildman–Crippen LogP) is 2.47. The van der Waals surface area contributed by atoms with Crippen LogP contribution in [-0.4, -0.2) is 82.2 Å². The minimum absolute atomic E-state index is 0.115. The van der Waals surface area contributed by atoms with Gasteiger partial charge in [0.15, 0.2) is 17.5 Å². The minimum atomic E-state index is -2.06. The van der Waals surface area contributed by atoms with Gasteiger partial charge in [-0.05, 0) is 37.1 Å². The number of Topliss-reactive ketones (excluding diaryl/α,β-unsaturated/α-hetero) is 1. The molecule has 12 heteroatoms. The molecule has 2 bridgehead atoms. The van der Waals surface area contributed by atoms with Gasteiger partial charge in [0, 0.05) is 41.6 Å². The van der Waals surface area contributed by atoms with Gasteiger partial charge in [-0.2, -0.15) is 0 Å². The fraction of sp³-hybridized carbons (Fsp3) is 0.613. The van der Waals surface area contributed by atoms with Crippen LogP contribution in [0.15, 0.2) is 41.5 Å². The zero-order chi connectivity index (χ0) is 31.7. The van der Waals surface area contributed by atoms with Crippen molar-refractivity contribution < 1.29 is 52.9 Å². The van der Waals surface area contributed by atoms with Crippen LogP contribution in [0, 0.1) is 16.7 Å². The first-order valence-electron chi connectivity index (χ1n) is 14.3. The summed E-state index contributed by atoms with van der Waals surface area (Å²) in [6.45, 7) is 8.79. The van der Waals surface area contributed by atoms with Crippen LogP contribution in [0.1, 0.15) is 64.7 Å². The highest BCUT2D eigenvalue weighted by molar-refractivity contribution is 7.09. The van der Waals surface area contributed by atoms with Crippen molar-refractivity contribution in [3.05, 3.63) is 47.0 Å². The summed E-state index contributed by atoms with van der Waals surface area (Å²) in [5.41, 5.74) is -5.89. The van der Waals surface area contributed by atoms with Crippen LogP contribution in [-0.2, 0) is 37.9 Å². The molecule has 43 heavy (non-hydrogen) atoms. The van der Waals surface area contributed by atoms with Crippen LogP contribution >= 0.6 is 9.47 Å². The lowest BCUT2D eigenvalue weighted by Crippen LogP contribution is -2.82. The zero-order valence-electron chi connectivity index (χ0n) is 25.1. The van der Waals surface area contributed by atoms with E-state index in [1.807, 2.05) is 0 Å². The molecule has 3 fully saturated rings. The first kappa shape index (κ1) is 31.7. The first-order valence-corrected chi connectivity index (χ1v) is 14.8. The van der Waals surface area contributed by atoms with Crippen LogP contribution in [0.3, 0.4) is 0 Å². The maximum Gasteiger partial charge on any atom is 0.338 e. The van der Waals surface area contributed by atoms with Gasteiger partial charge in [0.25, 0.3) is 0 Å². The smallest absolute Gasteiger partial charge is 0.338 e. The summed E-state index contributed by atoms with van der Waals surface area (Å²) in [6, 6.07) is 8.17. The molecule has 2 N–H and O–H groups in total. The van der Waals surface area contributed by atoms with E-state index in [0.717, 1.165) is 0 Å². The number of ketones is 1. The second-order valence-electron chi connectivity index (χ2n) is 12.9. The van der Waals surface area contributed by atoms with E-state index >= 15 is 4.79 Å². The van der Waals surface area contributed by atoms with Gasteiger partial charge in [-0.3, -0.25) is 14.4 Å². The maximum absolute atomic E-state index is 15.0. The van der Waals surface area contributed by atoms with Crippen LogP contribution in [0.4, 0.5) is 0 Å². The number of aliphatic hydroxyl groups is 2. The van der Waals surface area contributed by atoms with Gasteiger partial charge in [0.2, 0.25) is 0 Å². The van der Waals surface area contributed by atoms with E-state index in [2.05, 4.69) is 9.47 Å². The van der Waals surface area contributed by atoms with Crippen molar-refractivity contribution >= 4 is 33.2 Å². The third-order valence-electron chi connectivity index (χ3n) is 10.3. The molecular formula is C31H39O11P. The fourth-order valence-corrected chi connectivity index (χ4v) is 8.48. The molecule has 0 spiro atoms. The van der Waals surface area contributed by atoms with Gasteiger partial charge < -0.3 is 33.7 Å². The molecule has 1 aromatic carbocycles. The number of carbonyl (C=O) groups excluding carboxylic acids is 4. The maximum atomic E-state index is 15.0. The Morgan fingerprint density at radius 3 is 2.23 bits per heavy atom. The number of esters is 3. The summed E-state index contributed by atoms with van der Waals surface area (Å²) in [4.78, 5) is 54.0. The number of ether oxygens (including phenoxy) is 4. The van der Waals surface area contributed by atoms with E-state index in [-0.39, 0.29) is 30.6 Å². The number of aliphatic hydroxyl groups excluding tert-OH is 1. The summed E-state index contributed by atoms with van der Waals surface area (Å²) in [5, 5.41) is 24.3. The van der Waals surface area contributed by atoms with E-state index in [4.69, 9.17) is 23.5 Å². The number of rotatable bonds is 5. The monoisotopic (exact) mass is 618 g/mol. The van der Waals surface area contributed by atoms with Gasteiger partial charge in [0.05, 0.1) is 35.7 Å². The average Bonchev–Trinajstić information content (AvgIpc) is 2.92. The van der Waals surface area contributed by atoms with Crippen molar-refractivity contribution in [2.45, 2.75) is 96.1 Å². The summed E-state index contributed by atoms with van der Waals surface area (Å²) in [6.07, 6.45) is -6.20. The molecule has 10 atom stereocenters. The summed E-state index contributed by atoms with van der Waals surface area (Å²) in [5.74, 6) is -4.04. The van der Waals surface area contributed by atoms with Gasteiger partial charge in [0.1, 0.15) is 17.8 Å². The number of carbonyl (C=O) groups is 4. The molecule has 8 unspecified atom stereocenters. The molecule has 1 aromatic rings. The Hall–Kier alpha value is -2.69. The standard InChI is InChI=1S/C31H39O11P/c1-15-19(34)13-31(37)26(40-27(36)18-10-8-7-9-11-18)24-29(6,25(35)23(39-16(2)32)22(15)28(31,4)5)20(42-43)12-21-30(24,14-38-21)41-17(3)33/h7-11,19-21,23-24,26,34,37H,12-14,43H2,1-6H3/t19?,20?,21?,23?,24?,26?,29-,30+,31?/m1/s1. The van der Waals surface area contributed by atoms with Crippen molar-refractivity contribution in [1.29, 1.82) is 0 Å². The zero-order valence-corrected chi connectivity index (χ0v) is 26.3. The molecule has 1 aliphatic heterocycles. The van der Waals surface area contributed by atoms with Crippen LogP contribution < -0.4 is 0 Å². The molecule has 11 nitrogen and oxygen atoms in total. The van der Waals surface area contributed by atoms with Gasteiger partial charge in [-0.25, -0.2) is 4.79 Å². The summed E-state index contributed by atoms with van der Waals surface area (Å²) >= 11 is 0. The number of benzene rings is 1. The van der Waals surface area contributed by atoms with Gasteiger partial charge in [-0.15, -0.1) is 0 Å². The highest BCUT2D eigenvalue weighted by atomic mass is 31.0. The molecule has 4 aliphatic rings. The molecule has 234 valence electrons. The van der Waals surface area contributed by atoms with E-state index in [1.165, 1.54) is 13.8 Å². The minimum Gasteiger partial charge on any atom is -0.455 e. The third-order valence-corrected chi connectivity index (χ3v) is 10.7. The van der Waals surface area contributed by atoms with Crippen molar-refractivity contribution in [2.24, 2.45) is 16.7 Å². The van der Waals surface area contributed by atoms with Crippen LogP contribution in [0.5, 0.6) is 0 Å². The van der Waals surface area contributed by atoms with E-state index in [0.29, 0.717) is 5.57 Å². The molecule has 0 radical (unpaired) electrons. The Morgan fingerprint density at radius 1 is 1.05 bits per heavy atom. The molecule has 1 heterocycles. The van der Waals surface area contributed by atoms with E-state index in [9.17, 15) is 24.6 Å². The Morgan fingerprint density at radius 2 is 1.70 bits per heavy atom. The average molecular weight is 619 g/mol. The van der Waals surface area contributed by atoms with E-state index in [1.54, 1.807) is 58.0 Å². The highest BCUT2D eigenvalue weighted by Crippen LogP contribution is 2.64. The number of fused-ring (bicyclic) bond motifs is 5. The normalized spacial score (nSPS) is 39.7. The topological polar surface area (TPSA) is 155 Å². The highest BCUT2D eigenvalue weighted by Gasteiger charge is 2.78. The second-order valence-corrected chi connectivity index (χ2v) is 13.2. The van der Waals surface area contributed by atoms with Crippen molar-refractivity contribution in [3.63, 3.8) is 0 Å². The van der Waals surface area contributed by atoms with Crippen LogP contribution in [0.2, 0.25) is 0 Å². The molecule has 5 rings (SSSR count). The summed E-state index contributed by atoms with van der Waals surface area (Å²) in [7, 11) is 2.16. The summed E-state index contributed by atoms with van der Waals surface area (Å²) < 4.78 is 29.7. The Kier molecular flexibility index (Phi) is 7.92. The van der Waals surface area contributed by atoms with Gasteiger partial charge >= 0.3 is 17.9 Å². The molecule has 2 saturated carbocycles. The Labute approximate surface area is 252 Å². The second kappa shape index (κ2) is 10.7. The Bertz CT molecular complexity index is 1370. The lowest BCUT2D eigenvalue weighted by Gasteiger charge is -2.67. The predicted molar refractivity (Wildman–Crippen MR) is 153 cm³/mol. The van der Waals surface area contributed by atoms with Gasteiger partial charge in [-0.1, -0.05) is 32.0 Å². The number of hydrogen-bond donors (Lipinski definition) is 2. The fourth-order valence-electron chi connectivity index (χ4n) is 8.08. The number of hydrogen-bond acceptors (Lipinski definition) is 11. The van der Waals surface area contributed by atoms with Crippen LogP contribution in [0.25, 0.3) is 0 Å². The molecule has 0 aromatic heterocycles. The molecule has 0 amide bonds. The van der Waals surface area contributed by atoms with Crippen molar-refractivity contribution in [2.75, 3.05) is 6.61 Å². The van der Waals surface area contributed by atoms with Crippen molar-refractivity contribution in [1.82, 2.24) is 0 Å². The first-order chi connectivity index (χ1) is 20.1. The molecule has 3 aliphatic carbocycles. The molecule has 1 saturated heterocycles. The third kappa shape index (κ3) is 4.50. The van der Waals surface area contributed by atoms with Crippen molar-refractivity contribution in [3.8, 4) is 0 Å². The lowest BCUT2D eigenvalue weighted by atomic mass is 9.44. The Balaban J connectivity index is 1.86. The molecular weight excluding hydrogens is 579 g/mol.